The van der Waals surface area contributed by atoms with Crippen molar-refractivity contribution in [3.05, 3.63) is 47.5 Å². The number of aromatic nitrogens is 2. The molecule has 1 unspecified atom stereocenters. The van der Waals surface area contributed by atoms with E-state index in [-0.39, 0.29) is 36.1 Å². The topological polar surface area (TPSA) is 109 Å². The van der Waals surface area contributed by atoms with E-state index in [1.807, 2.05) is 18.7 Å². The van der Waals surface area contributed by atoms with Gasteiger partial charge in [-0.3, -0.25) is 4.79 Å². The average Bonchev–Trinajstić information content (AvgIpc) is 2.79. The van der Waals surface area contributed by atoms with E-state index < -0.39 is 0 Å². The number of hydrogen-bond acceptors (Lipinski definition) is 8. The van der Waals surface area contributed by atoms with Crippen LogP contribution in [0, 0.1) is 5.82 Å². The number of nitrogens with zero attached hydrogens (tertiary/aromatic N) is 5. The Bertz CT molecular complexity index is 935. The van der Waals surface area contributed by atoms with E-state index in [0.717, 1.165) is 5.56 Å². The SMILES string of the molecule is CON=Cc1c(N)ncnc1N1CCN(C(=O)C(CNC(C)C)c2ccc(F)cc2)CC1.Cl. The highest BCUT2D eigenvalue weighted by molar-refractivity contribution is 5.92. The number of nitrogens with one attached hydrogen (secondary N) is 1. The van der Waals surface area contributed by atoms with Gasteiger partial charge in [0.1, 0.15) is 30.9 Å². The van der Waals surface area contributed by atoms with Crippen LogP contribution >= 0.6 is 12.4 Å². The summed E-state index contributed by atoms with van der Waals surface area (Å²) in [6, 6.07) is 6.39. The van der Waals surface area contributed by atoms with E-state index >= 15 is 0 Å². The van der Waals surface area contributed by atoms with Gasteiger partial charge in [-0.15, -0.1) is 12.4 Å². The normalized spacial score (nSPS) is 14.9. The average molecular weight is 480 g/mol. The van der Waals surface area contributed by atoms with Crippen molar-refractivity contribution in [2.75, 3.05) is 50.5 Å². The molecule has 1 aliphatic rings. The van der Waals surface area contributed by atoms with Gasteiger partial charge in [-0.2, -0.15) is 0 Å². The molecule has 33 heavy (non-hydrogen) atoms. The van der Waals surface area contributed by atoms with Crippen molar-refractivity contribution in [2.45, 2.75) is 25.8 Å². The molecule has 9 nitrogen and oxygen atoms in total. The van der Waals surface area contributed by atoms with Crippen LogP contribution in [0.15, 0.2) is 35.7 Å². The van der Waals surface area contributed by atoms with Gasteiger partial charge in [-0.25, -0.2) is 14.4 Å². The summed E-state index contributed by atoms with van der Waals surface area (Å²) >= 11 is 0. The van der Waals surface area contributed by atoms with Gasteiger partial charge >= 0.3 is 0 Å². The standard InChI is InChI=1S/C22H30FN7O2.ClH/c1-15(2)25-12-18(16-4-6-17(23)7-5-16)22(31)30-10-8-29(9-11-30)21-19(13-28-32-3)20(24)26-14-27-21;/h4-7,13-15,18,25H,8-12H2,1-3H3,(H2,24,26,27);1H. The Kier molecular flexibility index (Phi) is 9.80. The minimum Gasteiger partial charge on any atom is -0.399 e. The first-order chi connectivity index (χ1) is 15.4. The highest BCUT2D eigenvalue weighted by atomic mass is 35.5. The van der Waals surface area contributed by atoms with Crippen LogP contribution in [0.1, 0.15) is 30.9 Å². The zero-order valence-electron chi connectivity index (χ0n) is 19.1. The molecule has 1 aliphatic heterocycles. The number of halogens is 2. The van der Waals surface area contributed by atoms with Crippen LogP contribution in [0.4, 0.5) is 16.0 Å². The van der Waals surface area contributed by atoms with Crippen molar-refractivity contribution in [3.8, 4) is 0 Å². The number of oxime groups is 1. The van der Waals surface area contributed by atoms with Gasteiger partial charge in [-0.05, 0) is 17.7 Å². The first-order valence-corrected chi connectivity index (χ1v) is 10.6. The molecule has 0 bridgehead atoms. The van der Waals surface area contributed by atoms with Crippen LogP contribution < -0.4 is 16.0 Å². The lowest BCUT2D eigenvalue weighted by Crippen LogP contribution is -2.51. The van der Waals surface area contributed by atoms with Gasteiger partial charge in [0, 0.05) is 38.8 Å². The van der Waals surface area contributed by atoms with Gasteiger partial charge < -0.3 is 25.7 Å². The summed E-state index contributed by atoms with van der Waals surface area (Å²) in [5, 5.41) is 7.13. The van der Waals surface area contributed by atoms with E-state index in [9.17, 15) is 9.18 Å². The Morgan fingerprint density at radius 1 is 1.24 bits per heavy atom. The van der Waals surface area contributed by atoms with Crippen LogP contribution in [-0.4, -0.2) is 72.9 Å². The zero-order valence-corrected chi connectivity index (χ0v) is 19.9. The van der Waals surface area contributed by atoms with Crippen molar-refractivity contribution < 1.29 is 14.0 Å². The van der Waals surface area contributed by atoms with E-state index in [4.69, 9.17) is 10.6 Å². The second-order valence-electron chi connectivity index (χ2n) is 7.89. The molecule has 0 aliphatic carbocycles. The van der Waals surface area contributed by atoms with Crippen molar-refractivity contribution in [1.29, 1.82) is 0 Å². The molecule has 11 heteroatoms. The molecule has 0 saturated carbocycles. The molecule has 0 spiro atoms. The Morgan fingerprint density at radius 3 is 2.52 bits per heavy atom. The fraction of sp³-hybridized carbons (Fsp3) is 0.455. The van der Waals surface area contributed by atoms with Gasteiger partial charge in [0.15, 0.2) is 0 Å². The number of benzene rings is 1. The molecule has 2 aromatic rings. The maximum absolute atomic E-state index is 13.4. The minimum absolute atomic E-state index is 0. The van der Waals surface area contributed by atoms with Crippen LogP contribution in [0.2, 0.25) is 0 Å². The molecule has 1 aromatic heterocycles. The molecule has 2 heterocycles. The molecule has 3 N–H and O–H groups in total. The predicted octanol–water partition coefficient (Wildman–Crippen LogP) is 2.03. The Morgan fingerprint density at radius 2 is 1.91 bits per heavy atom. The number of carbonyl (C=O) groups is 1. The predicted molar refractivity (Wildman–Crippen MR) is 129 cm³/mol. The molecule has 1 atom stereocenters. The number of anilines is 2. The smallest absolute Gasteiger partial charge is 0.231 e. The number of hydrogen-bond donors (Lipinski definition) is 2. The maximum atomic E-state index is 13.4. The summed E-state index contributed by atoms with van der Waals surface area (Å²) in [5.74, 6) is 0.283. The first-order valence-electron chi connectivity index (χ1n) is 10.6. The quantitative estimate of drug-likeness (QED) is 0.440. The minimum atomic E-state index is -0.386. The fourth-order valence-corrected chi connectivity index (χ4v) is 3.64. The van der Waals surface area contributed by atoms with Crippen LogP contribution in [0.5, 0.6) is 0 Å². The van der Waals surface area contributed by atoms with E-state index in [2.05, 4.69) is 25.3 Å². The van der Waals surface area contributed by atoms with Crippen molar-refractivity contribution >= 4 is 36.2 Å². The van der Waals surface area contributed by atoms with Gasteiger partial charge in [0.05, 0.1) is 17.7 Å². The Hall–Kier alpha value is -2.98. The van der Waals surface area contributed by atoms with Crippen molar-refractivity contribution in [3.63, 3.8) is 0 Å². The highest BCUT2D eigenvalue weighted by Crippen LogP contribution is 2.24. The summed E-state index contributed by atoms with van der Waals surface area (Å²) < 4.78 is 13.4. The molecule has 1 amide bonds. The third-order valence-electron chi connectivity index (χ3n) is 5.37. The Balaban J connectivity index is 0.00000385. The van der Waals surface area contributed by atoms with Gasteiger partial charge in [0.2, 0.25) is 5.91 Å². The second-order valence-corrected chi connectivity index (χ2v) is 7.89. The molecule has 1 aromatic carbocycles. The number of piperazine rings is 1. The molecule has 0 radical (unpaired) electrons. The lowest BCUT2D eigenvalue weighted by molar-refractivity contribution is -0.133. The van der Waals surface area contributed by atoms with E-state index in [1.165, 1.54) is 31.8 Å². The van der Waals surface area contributed by atoms with Crippen LogP contribution in [-0.2, 0) is 9.63 Å². The molecular weight excluding hydrogens is 449 g/mol. The number of carbonyl (C=O) groups excluding carboxylic acids is 1. The fourth-order valence-electron chi connectivity index (χ4n) is 3.64. The summed E-state index contributed by atoms with van der Waals surface area (Å²) in [5.41, 5.74) is 7.38. The van der Waals surface area contributed by atoms with Gasteiger partial charge in [0.25, 0.3) is 0 Å². The summed E-state index contributed by atoms with van der Waals surface area (Å²) in [4.78, 5) is 30.4. The molecule has 3 rings (SSSR count). The van der Waals surface area contributed by atoms with Crippen LogP contribution in [0.25, 0.3) is 0 Å². The summed E-state index contributed by atoms with van der Waals surface area (Å²) in [6.07, 6.45) is 2.90. The summed E-state index contributed by atoms with van der Waals surface area (Å²) in [6.45, 7) is 6.79. The number of amides is 1. The first kappa shape index (κ1) is 26.3. The monoisotopic (exact) mass is 479 g/mol. The highest BCUT2D eigenvalue weighted by Gasteiger charge is 2.30. The second kappa shape index (κ2) is 12.3. The number of rotatable bonds is 8. The lowest BCUT2D eigenvalue weighted by Gasteiger charge is -2.37. The summed E-state index contributed by atoms with van der Waals surface area (Å²) in [7, 11) is 1.45. The largest absolute Gasteiger partial charge is 0.399 e. The molecule has 1 fully saturated rings. The van der Waals surface area contributed by atoms with E-state index in [0.29, 0.717) is 49.9 Å². The third kappa shape index (κ3) is 6.75. The Labute approximate surface area is 199 Å². The van der Waals surface area contributed by atoms with Crippen LogP contribution in [0.3, 0.4) is 0 Å². The lowest BCUT2D eigenvalue weighted by atomic mass is 9.96. The number of nitrogens with two attached hydrogens (primary N) is 1. The number of nitrogen functional groups attached to an aromatic ring is 1. The molecular formula is C22H31ClFN7O2. The van der Waals surface area contributed by atoms with Crippen molar-refractivity contribution in [2.24, 2.45) is 5.16 Å². The van der Waals surface area contributed by atoms with E-state index in [1.54, 1.807) is 12.1 Å². The maximum Gasteiger partial charge on any atom is 0.231 e. The van der Waals surface area contributed by atoms with Crippen molar-refractivity contribution in [1.82, 2.24) is 20.2 Å². The zero-order chi connectivity index (χ0) is 23.1. The molecule has 1 saturated heterocycles. The molecule has 180 valence electrons. The van der Waals surface area contributed by atoms with Gasteiger partial charge in [-0.1, -0.05) is 31.1 Å². The third-order valence-corrected chi connectivity index (χ3v) is 5.37.